The van der Waals surface area contributed by atoms with Gasteiger partial charge in [0.05, 0.1) is 35.1 Å². The number of rotatable bonds is 5. The van der Waals surface area contributed by atoms with Gasteiger partial charge in [-0.1, -0.05) is 12.1 Å². The number of carboxylic acids is 4. The van der Waals surface area contributed by atoms with E-state index in [0.717, 1.165) is 11.4 Å². The summed E-state index contributed by atoms with van der Waals surface area (Å²) < 4.78 is 0. The zero-order valence-corrected chi connectivity index (χ0v) is 15.0. The Kier molecular flexibility index (Phi) is 6.96. The van der Waals surface area contributed by atoms with Crippen LogP contribution in [-0.2, 0) is 19.2 Å². The molecule has 0 saturated heterocycles. The van der Waals surface area contributed by atoms with Crippen molar-refractivity contribution in [2.24, 2.45) is 23.7 Å². The maximum Gasteiger partial charge on any atom is 0.308 e. The Morgan fingerprint density at radius 2 is 1.03 bits per heavy atom. The highest BCUT2D eigenvalue weighted by atomic mass is 16.4. The van der Waals surface area contributed by atoms with E-state index >= 15 is 0 Å². The van der Waals surface area contributed by atoms with Gasteiger partial charge >= 0.3 is 23.9 Å². The van der Waals surface area contributed by atoms with Crippen molar-refractivity contribution in [3.8, 4) is 11.4 Å². The van der Waals surface area contributed by atoms with Crippen LogP contribution in [0.4, 0.5) is 0 Å². The monoisotopic (exact) mass is 402 g/mol. The third kappa shape index (κ3) is 5.12. The van der Waals surface area contributed by atoms with Gasteiger partial charge in [-0.3, -0.25) is 29.1 Å². The third-order valence-corrected chi connectivity index (χ3v) is 4.56. The van der Waals surface area contributed by atoms with E-state index in [1.807, 2.05) is 36.4 Å². The first kappa shape index (κ1) is 21.5. The zero-order valence-electron chi connectivity index (χ0n) is 15.0. The van der Waals surface area contributed by atoms with Gasteiger partial charge in [-0.2, -0.15) is 0 Å². The molecular formula is C19H18N2O8. The molecule has 1 fully saturated rings. The minimum atomic E-state index is -1.72. The van der Waals surface area contributed by atoms with Gasteiger partial charge in [-0.15, -0.1) is 0 Å². The van der Waals surface area contributed by atoms with Crippen molar-refractivity contribution in [2.75, 3.05) is 0 Å². The van der Waals surface area contributed by atoms with Gasteiger partial charge in [0, 0.05) is 12.4 Å². The number of carboxylic acid groups (broad SMARTS) is 4. The number of carbonyl (C=O) groups is 4. The molecule has 4 atom stereocenters. The predicted octanol–water partition coefficient (Wildman–Crippen LogP) is 1.34. The molecule has 0 radical (unpaired) electrons. The SMILES string of the molecule is O=C(O)[C@@H]1[C@H](C(=O)O)[C@H](C(=O)O)C[C@@H]1C(=O)O.c1ccc(-c2ccccn2)nc1. The van der Waals surface area contributed by atoms with E-state index in [2.05, 4.69) is 9.97 Å². The Labute approximate surface area is 164 Å². The number of aromatic nitrogens is 2. The second kappa shape index (κ2) is 9.40. The quantitative estimate of drug-likeness (QED) is 0.571. The molecule has 1 aliphatic rings. The summed E-state index contributed by atoms with van der Waals surface area (Å²) in [5.41, 5.74) is 1.83. The topological polar surface area (TPSA) is 175 Å². The second-order valence-corrected chi connectivity index (χ2v) is 6.28. The fourth-order valence-corrected chi connectivity index (χ4v) is 3.26. The van der Waals surface area contributed by atoms with Crippen LogP contribution in [0, 0.1) is 23.7 Å². The smallest absolute Gasteiger partial charge is 0.308 e. The van der Waals surface area contributed by atoms with Crippen molar-refractivity contribution in [3.05, 3.63) is 48.8 Å². The highest BCUT2D eigenvalue weighted by Gasteiger charge is 2.56. The first-order valence-electron chi connectivity index (χ1n) is 8.47. The van der Waals surface area contributed by atoms with E-state index in [1.165, 1.54) is 0 Å². The van der Waals surface area contributed by atoms with Crippen molar-refractivity contribution in [1.29, 1.82) is 0 Å². The summed E-state index contributed by atoms with van der Waals surface area (Å²) >= 11 is 0. The fourth-order valence-electron chi connectivity index (χ4n) is 3.26. The average Bonchev–Trinajstić information content (AvgIpc) is 3.12. The van der Waals surface area contributed by atoms with Crippen LogP contribution in [-0.4, -0.2) is 54.3 Å². The molecule has 29 heavy (non-hydrogen) atoms. The Hall–Kier alpha value is -3.82. The lowest BCUT2D eigenvalue weighted by Gasteiger charge is -2.16. The molecule has 1 aliphatic carbocycles. The predicted molar refractivity (Wildman–Crippen MR) is 96.6 cm³/mol. The van der Waals surface area contributed by atoms with E-state index in [1.54, 1.807) is 12.4 Å². The summed E-state index contributed by atoms with van der Waals surface area (Å²) in [7, 11) is 0. The van der Waals surface area contributed by atoms with Crippen LogP contribution in [0.25, 0.3) is 11.4 Å². The van der Waals surface area contributed by atoms with Crippen molar-refractivity contribution >= 4 is 23.9 Å². The minimum Gasteiger partial charge on any atom is -0.481 e. The van der Waals surface area contributed by atoms with E-state index in [9.17, 15) is 19.2 Å². The molecule has 0 bridgehead atoms. The van der Waals surface area contributed by atoms with Gasteiger partial charge in [0.25, 0.3) is 0 Å². The first-order valence-corrected chi connectivity index (χ1v) is 8.47. The molecule has 152 valence electrons. The van der Waals surface area contributed by atoms with Crippen molar-refractivity contribution in [3.63, 3.8) is 0 Å². The molecule has 0 aliphatic heterocycles. The summed E-state index contributed by atoms with van der Waals surface area (Å²) in [4.78, 5) is 51.7. The number of nitrogens with zero attached hydrogens (tertiary/aromatic N) is 2. The Morgan fingerprint density at radius 3 is 1.28 bits per heavy atom. The van der Waals surface area contributed by atoms with Crippen LogP contribution in [0.1, 0.15) is 6.42 Å². The van der Waals surface area contributed by atoms with Crippen LogP contribution in [0.15, 0.2) is 48.8 Å². The van der Waals surface area contributed by atoms with Gasteiger partial charge < -0.3 is 20.4 Å². The summed E-state index contributed by atoms with van der Waals surface area (Å²) in [5.74, 6) is -12.6. The summed E-state index contributed by atoms with van der Waals surface area (Å²) in [6.45, 7) is 0. The van der Waals surface area contributed by atoms with Crippen LogP contribution in [0.3, 0.4) is 0 Å². The van der Waals surface area contributed by atoms with Gasteiger partial charge in [0.15, 0.2) is 0 Å². The lowest BCUT2D eigenvalue weighted by molar-refractivity contribution is -0.160. The van der Waals surface area contributed by atoms with Crippen LogP contribution < -0.4 is 0 Å². The number of hydrogen-bond acceptors (Lipinski definition) is 6. The molecule has 10 nitrogen and oxygen atoms in total. The number of pyridine rings is 2. The molecule has 1 saturated carbocycles. The van der Waals surface area contributed by atoms with Gasteiger partial charge in [-0.05, 0) is 30.7 Å². The van der Waals surface area contributed by atoms with Crippen LogP contribution >= 0.6 is 0 Å². The zero-order chi connectivity index (χ0) is 21.6. The van der Waals surface area contributed by atoms with E-state index < -0.39 is 54.0 Å². The molecular weight excluding hydrogens is 384 g/mol. The largest absolute Gasteiger partial charge is 0.481 e. The lowest BCUT2D eigenvalue weighted by Crippen LogP contribution is -2.35. The Balaban J connectivity index is 0.000000218. The highest BCUT2D eigenvalue weighted by Crippen LogP contribution is 2.42. The van der Waals surface area contributed by atoms with Gasteiger partial charge in [-0.25, -0.2) is 0 Å². The molecule has 0 aromatic carbocycles. The van der Waals surface area contributed by atoms with E-state index in [4.69, 9.17) is 20.4 Å². The van der Waals surface area contributed by atoms with Crippen molar-refractivity contribution in [1.82, 2.24) is 9.97 Å². The van der Waals surface area contributed by atoms with Gasteiger partial charge in [0.2, 0.25) is 0 Å². The molecule has 3 rings (SSSR count). The van der Waals surface area contributed by atoms with Crippen LogP contribution in [0.2, 0.25) is 0 Å². The van der Waals surface area contributed by atoms with Crippen molar-refractivity contribution in [2.45, 2.75) is 6.42 Å². The molecule has 2 aromatic heterocycles. The minimum absolute atomic E-state index is 0.488. The molecule has 10 heteroatoms. The fraction of sp³-hybridized carbons (Fsp3) is 0.263. The first-order chi connectivity index (χ1) is 13.7. The Morgan fingerprint density at radius 1 is 0.655 bits per heavy atom. The molecule has 0 unspecified atom stereocenters. The molecule has 0 amide bonds. The molecule has 0 spiro atoms. The lowest BCUT2D eigenvalue weighted by atomic mass is 9.87. The molecule has 2 heterocycles. The summed E-state index contributed by atoms with van der Waals surface area (Å²) in [6.07, 6.45) is 3.05. The highest BCUT2D eigenvalue weighted by molar-refractivity contribution is 5.90. The van der Waals surface area contributed by atoms with E-state index in [0.29, 0.717) is 0 Å². The number of hydrogen-bond donors (Lipinski definition) is 4. The molecule has 4 N–H and O–H groups in total. The average molecular weight is 402 g/mol. The van der Waals surface area contributed by atoms with Crippen LogP contribution in [0.5, 0.6) is 0 Å². The third-order valence-electron chi connectivity index (χ3n) is 4.56. The normalized spacial score (nSPS) is 22.8. The maximum absolute atomic E-state index is 10.9. The van der Waals surface area contributed by atoms with E-state index in [-0.39, 0.29) is 0 Å². The molecule has 2 aromatic rings. The summed E-state index contributed by atoms with van der Waals surface area (Å²) in [5, 5.41) is 35.2. The van der Waals surface area contributed by atoms with Crippen molar-refractivity contribution < 1.29 is 39.6 Å². The second-order valence-electron chi connectivity index (χ2n) is 6.28. The standard InChI is InChI=1S/C10H8N2.C9H10O8/c1-3-7-11-9(5-1)10-6-2-4-8-12-10;10-6(11)2-1-3(7(12)13)5(9(16)17)4(2)8(14)15/h1-8H;2-5H,1H2,(H,10,11)(H,12,13)(H,14,15)(H,16,17)/t;2-,3+,4-,5+. The Bertz CT molecular complexity index is 814. The van der Waals surface area contributed by atoms with Gasteiger partial charge in [0.1, 0.15) is 0 Å². The number of aliphatic carboxylic acids is 4. The maximum atomic E-state index is 10.9. The summed E-state index contributed by atoms with van der Waals surface area (Å²) in [6, 6.07) is 11.6.